The van der Waals surface area contributed by atoms with Crippen LogP contribution in [0.5, 0.6) is 0 Å². The van der Waals surface area contributed by atoms with Gasteiger partial charge in [-0.15, -0.1) is 11.3 Å². The van der Waals surface area contributed by atoms with Gasteiger partial charge in [0.15, 0.2) is 5.16 Å². The topological polar surface area (TPSA) is 77.8 Å². The van der Waals surface area contributed by atoms with Crippen LogP contribution in [0.1, 0.15) is 4.88 Å². The molecule has 2 aromatic heterocycles. The predicted molar refractivity (Wildman–Crippen MR) is 69.6 cm³/mol. The first-order valence-corrected chi connectivity index (χ1v) is 6.66. The van der Waals surface area contributed by atoms with Gasteiger partial charge in [-0.1, -0.05) is 17.8 Å². The minimum atomic E-state index is 0.422. The molecule has 0 aromatic carbocycles. The van der Waals surface area contributed by atoms with Gasteiger partial charge in [0, 0.05) is 16.7 Å². The SMILES string of the molecule is Nc1cc(N)nc(SCCc2cccs2)n1. The highest BCUT2D eigenvalue weighted by atomic mass is 32.2. The van der Waals surface area contributed by atoms with Crippen molar-refractivity contribution in [2.24, 2.45) is 0 Å². The summed E-state index contributed by atoms with van der Waals surface area (Å²) in [7, 11) is 0. The van der Waals surface area contributed by atoms with Crippen LogP contribution in [0, 0.1) is 0 Å². The fourth-order valence-electron chi connectivity index (χ4n) is 1.22. The highest BCUT2D eigenvalue weighted by molar-refractivity contribution is 7.99. The molecule has 16 heavy (non-hydrogen) atoms. The minimum Gasteiger partial charge on any atom is -0.383 e. The molecule has 0 amide bonds. The number of thiophene rings is 1. The molecule has 4 N–H and O–H groups in total. The quantitative estimate of drug-likeness (QED) is 0.643. The van der Waals surface area contributed by atoms with Gasteiger partial charge in [0.25, 0.3) is 0 Å². The zero-order chi connectivity index (χ0) is 11.4. The fraction of sp³-hybridized carbons (Fsp3) is 0.200. The molecule has 0 bridgehead atoms. The Morgan fingerprint density at radius 1 is 1.25 bits per heavy atom. The molecular formula is C10H12N4S2. The van der Waals surface area contributed by atoms with Crippen LogP contribution in [-0.4, -0.2) is 15.7 Å². The summed E-state index contributed by atoms with van der Waals surface area (Å²) < 4.78 is 0. The fourth-order valence-corrected chi connectivity index (χ4v) is 2.91. The number of aryl methyl sites for hydroxylation is 1. The summed E-state index contributed by atoms with van der Waals surface area (Å²) in [6.45, 7) is 0. The van der Waals surface area contributed by atoms with Gasteiger partial charge in [-0.2, -0.15) is 0 Å². The van der Waals surface area contributed by atoms with Gasteiger partial charge in [-0.3, -0.25) is 0 Å². The van der Waals surface area contributed by atoms with E-state index >= 15 is 0 Å². The number of hydrogen-bond donors (Lipinski definition) is 2. The van der Waals surface area contributed by atoms with Gasteiger partial charge >= 0.3 is 0 Å². The number of anilines is 2. The van der Waals surface area contributed by atoms with Crippen molar-refractivity contribution >= 4 is 34.7 Å². The van der Waals surface area contributed by atoms with Crippen LogP contribution < -0.4 is 11.5 Å². The van der Waals surface area contributed by atoms with Crippen molar-refractivity contribution in [3.05, 3.63) is 28.5 Å². The summed E-state index contributed by atoms with van der Waals surface area (Å²) in [6.07, 6.45) is 1.01. The standard InChI is InChI=1S/C10H12N4S2/c11-8-6-9(12)14-10(13-8)16-5-3-7-2-1-4-15-7/h1-2,4,6H,3,5H2,(H4,11,12,13,14). The normalized spacial score (nSPS) is 10.5. The lowest BCUT2D eigenvalue weighted by atomic mass is 10.4. The molecule has 6 heteroatoms. The molecule has 2 rings (SSSR count). The van der Waals surface area contributed by atoms with Crippen molar-refractivity contribution in [1.82, 2.24) is 9.97 Å². The van der Waals surface area contributed by atoms with E-state index in [1.54, 1.807) is 29.2 Å². The Hall–Kier alpha value is -1.27. The van der Waals surface area contributed by atoms with Gasteiger partial charge < -0.3 is 11.5 Å². The van der Waals surface area contributed by atoms with E-state index in [-0.39, 0.29) is 0 Å². The molecular weight excluding hydrogens is 240 g/mol. The Balaban J connectivity index is 1.89. The molecule has 0 spiro atoms. The van der Waals surface area contributed by atoms with Gasteiger partial charge in [0.05, 0.1) is 0 Å². The second-order valence-corrected chi connectivity index (χ2v) is 5.27. The predicted octanol–water partition coefficient (Wildman–Crippen LogP) is 2.04. The number of rotatable bonds is 4. The van der Waals surface area contributed by atoms with E-state index in [9.17, 15) is 0 Å². The lowest BCUT2D eigenvalue weighted by Gasteiger charge is -2.01. The molecule has 0 aliphatic heterocycles. The Morgan fingerprint density at radius 3 is 2.62 bits per heavy atom. The van der Waals surface area contributed by atoms with Gasteiger partial charge in [0.2, 0.25) is 0 Å². The van der Waals surface area contributed by atoms with Gasteiger partial charge in [-0.05, 0) is 17.9 Å². The maximum absolute atomic E-state index is 5.58. The maximum Gasteiger partial charge on any atom is 0.191 e. The molecule has 0 fully saturated rings. The summed E-state index contributed by atoms with van der Waals surface area (Å²) in [5.74, 6) is 1.78. The summed E-state index contributed by atoms with van der Waals surface area (Å²) in [5.41, 5.74) is 11.2. The first-order valence-electron chi connectivity index (χ1n) is 4.79. The van der Waals surface area contributed by atoms with E-state index in [1.165, 1.54) is 4.88 Å². The number of nitrogen functional groups attached to an aromatic ring is 2. The summed E-state index contributed by atoms with van der Waals surface area (Å²) >= 11 is 3.33. The zero-order valence-corrected chi connectivity index (χ0v) is 10.2. The minimum absolute atomic E-state index is 0.422. The van der Waals surface area contributed by atoms with Gasteiger partial charge in [-0.25, -0.2) is 9.97 Å². The first kappa shape index (κ1) is 11.2. The Kier molecular flexibility index (Phi) is 3.63. The molecule has 2 aromatic rings. The van der Waals surface area contributed by atoms with Crippen LogP contribution in [0.3, 0.4) is 0 Å². The first-order chi connectivity index (χ1) is 7.74. The molecule has 2 heterocycles. The van der Waals surface area contributed by atoms with Crippen molar-refractivity contribution < 1.29 is 0 Å². The van der Waals surface area contributed by atoms with E-state index in [0.29, 0.717) is 16.8 Å². The largest absolute Gasteiger partial charge is 0.383 e. The second kappa shape index (κ2) is 5.18. The van der Waals surface area contributed by atoms with Crippen LogP contribution >= 0.6 is 23.1 Å². The van der Waals surface area contributed by atoms with Crippen molar-refractivity contribution in [2.45, 2.75) is 11.6 Å². The molecule has 0 saturated carbocycles. The lowest BCUT2D eigenvalue weighted by molar-refractivity contribution is 0.982. The van der Waals surface area contributed by atoms with Crippen LogP contribution in [0.15, 0.2) is 28.7 Å². The van der Waals surface area contributed by atoms with Crippen molar-refractivity contribution in [2.75, 3.05) is 17.2 Å². The third-order valence-corrected chi connectivity index (χ3v) is 3.69. The number of nitrogens with zero attached hydrogens (tertiary/aromatic N) is 2. The van der Waals surface area contributed by atoms with Crippen molar-refractivity contribution in [1.29, 1.82) is 0 Å². The third-order valence-electron chi connectivity index (χ3n) is 1.90. The van der Waals surface area contributed by atoms with Crippen molar-refractivity contribution in [3.8, 4) is 0 Å². The second-order valence-electron chi connectivity index (χ2n) is 3.18. The molecule has 0 saturated heterocycles. The van der Waals surface area contributed by atoms with Crippen LogP contribution in [0.25, 0.3) is 0 Å². The number of aromatic nitrogens is 2. The average Bonchev–Trinajstić information content (AvgIpc) is 2.69. The molecule has 4 nitrogen and oxygen atoms in total. The highest BCUT2D eigenvalue weighted by Gasteiger charge is 2.02. The molecule has 84 valence electrons. The van der Waals surface area contributed by atoms with Crippen LogP contribution in [0.2, 0.25) is 0 Å². The lowest BCUT2D eigenvalue weighted by Crippen LogP contribution is -1.99. The molecule has 0 unspecified atom stereocenters. The Labute approximate surface area is 102 Å². The van der Waals surface area contributed by atoms with Crippen molar-refractivity contribution in [3.63, 3.8) is 0 Å². The monoisotopic (exact) mass is 252 g/mol. The number of hydrogen-bond acceptors (Lipinski definition) is 6. The molecule has 0 radical (unpaired) electrons. The third kappa shape index (κ3) is 3.11. The summed E-state index contributed by atoms with van der Waals surface area (Å²) in [5, 5.41) is 2.73. The Bertz CT molecular complexity index is 436. The zero-order valence-electron chi connectivity index (χ0n) is 8.59. The highest BCUT2D eigenvalue weighted by Crippen LogP contribution is 2.19. The molecule has 0 aliphatic rings. The number of nitrogens with two attached hydrogens (primary N) is 2. The Morgan fingerprint density at radius 2 is 2.00 bits per heavy atom. The van der Waals surface area contributed by atoms with E-state index in [0.717, 1.165) is 12.2 Å². The van der Waals surface area contributed by atoms with E-state index < -0.39 is 0 Å². The van der Waals surface area contributed by atoms with Crippen LogP contribution in [0.4, 0.5) is 11.6 Å². The number of thioether (sulfide) groups is 1. The van der Waals surface area contributed by atoms with Gasteiger partial charge in [0.1, 0.15) is 11.6 Å². The summed E-state index contributed by atoms with van der Waals surface area (Å²) in [6, 6.07) is 5.74. The smallest absolute Gasteiger partial charge is 0.191 e. The van der Waals surface area contributed by atoms with E-state index in [4.69, 9.17) is 11.5 Å². The average molecular weight is 252 g/mol. The maximum atomic E-state index is 5.58. The molecule has 0 aliphatic carbocycles. The van der Waals surface area contributed by atoms with E-state index in [1.807, 2.05) is 0 Å². The van der Waals surface area contributed by atoms with E-state index in [2.05, 4.69) is 27.5 Å². The summed E-state index contributed by atoms with van der Waals surface area (Å²) in [4.78, 5) is 9.58. The van der Waals surface area contributed by atoms with Crippen LogP contribution in [-0.2, 0) is 6.42 Å². The molecule has 0 atom stereocenters.